The predicted molar refractivity (Wildman–Crippen MR) is 105 cm³/mol. The van der Waals surface area contributed by atoms with Crippen molar-refractivity contribution in [2.45, 2.75) is 11.8 Å². The molecule has 1 aliphatic heterocycles. The van der Waals surface area contributed by atoms with Crippen LogP contribution in [0.4, 0.5) is 5.69 Å². The Morgan fingerprint density at radius 1 is 1.11 bits per heavy atom. The highest BCUT2D eigenvalue weighted by Gasteiger charge is 2.43. The topological polar surface area (TPSA) is 113 Å². The summed E-state index contributed by atoms with van der Waals surface area (Å²) in [5.41, 5.74) is 2.65. The van der Waals surface area contributed by atoms with Crippen LogP contribution in [0, 0.1) is 5.92 Å². The van der Waals surface area contributed by atoms with Crippen molar-refractivity contribution < 1.29 is 22.8 Å². The standard InChI is InChI=1S/C18H16BrN3O5S/c1-2-22-14-6-4-3-5-13(14)16(23)15(18(22)25)17(24)20-21-28(26,27)12-9-7-11(19)8-10-12/h3-10,15,21H,2H2,1H3,(H,20,24). The van der Waals surface area contributed by atoms with E-state index in [4.69, 9.17) is 0 Å². The largest absolute Gasteiger partial charge is 0.311 e. The SMILES string of the molecule is CCN1C(=O)C(C(=O)NNS(=O)(=O)c2ccc(Br)cc2)C(=O)c2ccccc21. The van der Waals surface area contributed by atoms with Gasteiger partial charge in [0.15, 0.2) is 11.7 Å². The number of nitrogens with zero attached hydrogens (tertiary/aromatic N) is 1. The maximum Gasteiger partial charge on any atom is 0.257 e. The van der Waals surface area contributed by atoms with Crippen LogP contribution in [0.15, 0.2) is 57.9 Å². The Hall–Kier alpha value is -2.56. The summed E-state index contributed by atoms with van der Waals surface area (Å²) in [4.78, 5) is 41.0. The van der Waals surface area contributed by atoms with Gasteiger partial charge in [-0.25, -0.2) is 8.42 Å². The van der Waals surface area contributed by atoms with Crippen LogP contribution in [0.5, 0.6) is 0 Å². The highest BCUT2D eigenvalue weighted by atomic mass is 79.9. The smallest absolute Gasteiger partial charge is 0.257 e. The summed E-state index contributed by atoms with van der Waals surface area (Å²) in [7, 11) is -4.06. The lowest BCUT2D eigenvalue weighted by Gasteiger charge is -2.31. The first-order valence-electron chi connectivity index (χ1n) is 8.28. The van der Waals surface area contributed by atoms with E-state index in [-0.39, 0.29) is 17.0 Å². The van der Waals surface area contributed by atoms with Crippen LogP contribution in [0.25, 0.3) is 0 Å². The molecule has 0 bridgehead atoms. The van der Waals surface area contributed by atoms with E-state index in [0.717, 1.165) is 0 Å². The van der Waals surface area contributed by atoms with Gasteiger partial charge in [-0.2, -0.15) is 0 Å². The van der Waals surface area contributed by atoms with Crippen LogP contribution in [0.2, 0.25) is 0 Å². The van der Waals surface area contributed by atoms with E-state index >= 15 is 0 Å². The van der Waals surface area contributed by atoms with Crippen molar-refractivity contribution in [1.82, 2.24) is 10.3 Å². The van der Waals surface area contributed by atoms with Gasteiger partial charge in [-0.1, -0.05) is 28.1 Å². The van der Waals surface area contributed by atoms with E-state index in [9.17, 15) is 22.8 Å². The summed E-state index contributed by atoms with van der Waals surface area (Å²) < 4.78 is 25.3. The van der Waals surface area contributed by atoms with E-state index in [1.54, 1.807) is 25.1 Å². The molecule has 146 valence electrons. The fourth-order valence-electron chi connectivity index (χ4n) is 2.88. The van der Waals surface area contributed by atoms with E-state index in [1.165, 1.54) is 35.2 Å². The van der Waals surface area contributed by atoms with Crippen molar-refractivity contribution in [3.05, 3.63) is 58.6 Å². The maximum absolute atomic E-state index is 12.7. The molecule has 10 heteroatoms. The van der Waals surface area contributed by atoms with Gasteiger partial charge in [0.2, 0.25) is 5.91 Å². The second-order valence-electron chi connectivity index (χ2n) is 5.95. The number of carbonyl (C=O) groups excluding carboxylic acids is 3. The Kier molecular flexibility index (Phi) is 5.64. The molecule has 1 unspecified atom stereocenters. The van der Waals surface area contributed by atoms with E-state index in [1.807, 2.05) is 10.3 Å². The number of rotatable bonds is 5. The fourth-order valence-corrected chi connectivity index (χ4v) is 3.99. The lowest BCUT2D eigenvalue weighted by atomic mass is 9.89. The van der Waals surface area contributed by atoms with Crippen LogP contribution in [0.3, 0.4) is 0 Å². The average molecular weight is 466 g/mol. The van der Waals surface area contributed by atoms with E-state index < -0.39 is 33.5 Å². The number of carbonyl (C=O) groups is 3. The van der Waals surface area contributed by atoms with E-state index in [2.05, 4.69) is 15.9 Å². The lowest BCUT2D eigenvalue weighted by molar-refractivity contribution is -0.132. The van der Waals surface area contributed by atoms with Gasteiger partial charge in [0, 0.05) is 16.6 Å². The molecule has 2 aromatic carbocycles. The van der Waals surface area contributed by atoms with Crippen molar-refractivity contribution >= 4 is 49.2 Å². The molecular weight excluding hydrogens is 450 g/mol. The molecule has 2 amide bonds. The normalized spacial score (nSPS) is 16.6. The van der Waals surface area contributed by atoms with Crippen LogP contribution in [-0.4, -0.2) is 32.6 Å². The minimum Gasteiger partial charge on any atom is -0.311 e. The lowest BCUT2D eigenvalue weighted by Crippen LogP contribution is -2.54. The molecule has 0 radical (unpaired) electrons. The summed E-state index contributed by atoms with van der Waals surface area (Å²) in [6.07, 6.45) is 0. The van der Waals surface area contributed by atoms with Crippen molar-refractivity contribution in [2.24, 2.45) is 5.92 Å². The third-order valence-electron chi connectivity index (χ3n) is 4.25. The molecule has 0 fully saturated rings. The maximum atomic E-state index is 12.7. The minimum atomic E-state index is -4.06. The van der Waals surface area contributed by atoms with Crippen LogP contribution >= 0.6 is 15.9 Å². The predicted octanol–water partition coefficient (Wildman–Crippen LogP) is 1.62. The second kappa shape index (κ2) is 7.82. The molecule has 28 heavy (non-hydrogen) atoms. The number of anilines is 1. The van der Waals surface area contributed by atoms with Gasteiger partial charge in [0.25, 0.3) is 15.9 Å². The molecule has 1 heterocycles. The minimum absolute atomic E-state index is 0.0853. The molecular formula is C18H16BrN3O5S. The van der Waals surface area contributed by atoms with Gasteiger partial charge in [-0.3, -0.25) is 19.8 Å². The number of Topliss-reactive ketones (excluding diaryl/α,β-unsaturated/α-hetero) is 1. The summed E-state index contributed by atoms with van der Waals surface area (Å²) in [6, 6.07) is 12.2. The molecule has 0 aromatic heterocycles. The fraction of sp³-hybridized carbons (Fsp3) is 0.167. The number of amides is 2. The van der Waals surface area contributed by atoms with Gasteiger partial charge in [-0.05, 0) is 43.3 Å². The number of nitrogens with one attached hydrogen (secondary N) is 2. The molecule has 2 aromatic rings. The molecule has 2 N–H and O–H groups in total. The number of sulfonamides is 1. The van der Waals surface area contributed by atoms with Crippen LogP contribution < -0.4 is 15.2 Å². The van der Waals surface area contributed by atoms with E-state index in [0.29, 0.717) is 10.2 Å². The number of hydrogen-bond donors (Lipinski definition) is 2. The molecule has 0 saturated heterocycles. The first-order valence-corrected chi connectivity index (χ1v) is 10.6. The first kappa shape index (κ1) is 20.2. The van der Waals surface area contributed by atoms with Gasteiger partial charge in [-0.15, -0.1) is 4.83 Å². The number of halogens is 1. The zero-order chi connectivity index (χ0) is 20.5. The van der Waals surface area contributed by atoms with Crippen molar-refractivity contribution in [3.63, 3.8) is 0 Å². The number of benzene rings is 2. The van der Waals surface area contributed by atoms with Crippen molar-refractivity contribution in [3.8, 4) is 0 Å². The summed E-state index contributed by atoms with van der Waals surface area (Å²) in [5.74, 6) is -4.08. The Balaban J connectivity index is 1.81. The third-order valence-corrected chi connectivity index (χ3v) is 6.04. The Labute approximate surface area is 170 Å². The number of ketones is 1. The Bertz CT molecular complexity index is 1050. The zero-order valence-corrected chi connectivity index (χ0v) is 17.1. The van der Waals surface area contributed by atoms with Crippen LogP contribution in [0.1, 0.15) is 17.3 Å². The quantitative estimate of drug-likeness (QED) is 0.514. The molecule has 1 aliphatic rings. The van der Waals surface area contributed by atoms with Gasteiger partial charge in [0.1, 0.15) is 0 Å². The molecule has 0 saturated carbocycles. The molecule has 0 spiro atoms. The van der Waals surface area contributed by atoms with Gasteiger partial charge < -0.3 is 4.90 Å². The van der Waals surface area contributed by atoms with Gasteiger partial charge in [0.05, 0.1) is 10.6 Å². The highest BCUT2D eigenvalue weighted by Crippen LogP contribution is 2.30. The van der Waals surface area contributed by atoms with Crippen molar-refractivity contribution in [2.75, 3.05) is 11.4 Å². The van der Waals surface area contributed by atoms with Crippen molar-refractivity contribution in [1.29, 1.82) is 0 Å². The number of hydrazine groups is 1. The monoisotopic (exact) mass is 465 g/mol. The number of hydrogen-bond acceptors (Lipinski definition) is 5. The summed E-state index contributed by atoms with van der Waals surface area (Å²) in [6.45, 7) is 1.98. The van der Waals surface area contributed by atoms with Gasteiger partial charge >= 0.3 is 0 Å². The number of para-hydroxylation sites is 1. The summed E-state index contributed by atoms with van der Waals surface area (Å²) in [5, 5.41) is 0. The van der Waals surface area contributed by atoms with Crippen LogP contribution in [-0.2, 0) is 19.6 Å². The second-order valence-corrected chi connectivity index (χ2v) is 8.54. The third kappa shape index (κ3) is 3.71. The highest BCUT2D eigenvalue weighted by molar-refractivity contribution is 9.10. The Morgan fingerprint density at radius 2 is 1.75 bits per heavy atom. The number of fused-ring (bicyclic) bond motifs is 1. The molecule has 3 rings (SSSR count). The Morgan fingerprint density at radius 3 is 2.39 bits per heavy atom. The summed E-state index contributed by atoms with van der Waals surface area (Å²) >= 11 is 3.20. The molecule has 8 nitrogen and oxygen atoms in total. The zero-order valence-electron chi connectivity index (χ0n) is 14.7. The first-order chi connectivity index (χ1) is 13.3. The molecule has 0 aliphatic carbocycles. The molecule has 1 atom stereocenters. The average Bonchev–Trinajstić information content (AvgIpc) is 2.67.